The third kappa shape index (κ3) is 48.1. The van der Waals surface area contributed by atoms with Crippen LogP contribution in [0.15, 0.2) is 140 Å². The van der Waals surface area contributed by atoms with E-state index in [0.717, 1.165) is 30.8 Å². The van der Waals surface area contributed by atoms with Crippen molar-refractivity contribution in [3.63, 3.8) is 0 Å². The molecule has 11 unspecified atom stereocenters. The van der Waals surface area contributed by atoms with Crippen LogP contribution in [0.2, 0.25) is 0 Å². The van der Waals surface area contributed by atoms with Gasteiger partial charge in [0, 0.05) is 105 Å². The number of fused-ring (bicyclic) bond motifs is 4. The zero-order valence-corrected chi connectivity index (χ0v) is 88.5. The lowest BCUT2D eigenvalue weighted by atomic mass is 9.92. The predicted octanol–water partition coefficient (Wildman–Crippen LogP) is 18.5. The number of carbonyl (C=O) groups excluding carboxylic acids is 2. The number of hydrogen-bond acceptors (Lipinski definition) is 37. The standard InChI is InChI=1S/C86H125N2O44P9S2/c1-4-5-6-14-52-142-143-53-15-8-7-13-38-113-133(95,96)121-50-51-126-141(111,112)130-63-66(22-10-12-37-88-86(94)70-26-17-24-68(55-70)84-77-33-29-73(91)58-81(77)132-82-59-74(92)30-34-78(82)84)62-129-140(109,110)119-44-19-40-115-135(99,100)123-47-46-122-134(97,98)114-39-18-42-117-138(105,106)127-60-65(61-128-139(107,108)118-43-20-41-116-136(101,102)124-48-49-125-137(103,104)120-45-35-64(2)3)21-9-11-36-87-85(93)69-25-16-23-67(54-69)83-75-31-27-71(89)56-79(75)131-80-57-72(90)28-32-76(80)83/h16-17,23-34,54-59,64-66,89,91H,4-15,18-22,35-53,60-63H2,1-3H3,(H,87,93)(H,88,94)(H,95,96)(H,97,98)(H,99,100)(H,101,102)(H,103,104)(H,105,106)(H,107,108)(H,109,110)(H,111,112). The highest BCUT2D eigenvalue weighted by Gasteiger charge is 2.34. The minimum absolute atomic E-state index is 0.0422. The highest BCUT2D eigenvalue weighted by Crippen LogP contribution is 2.53. The van der Waals surface area contributed by atoms with E-state index >= 15 is 0 Å². The van der Waals surface area contributed by atoms with E-state index in [-0.39, 0.29) is 146 Å². The highest BCUT2D eigenvalue weighted by atomic mass is 33.1. The van der Waals surface area contributed by atoms with Gasteiger partial charge in [0.2, 0.25) is 0 Å². The lowest BCUT2D eigenvalue weighted by Crippen LogP contribution is -2.24. The van der Waals surface area contributed by atoms with E-state index in [0.29, 0.717) is 57.0 Å². The molecule has 2 aliphatic heterocycles. The van der Waals surface area contributed by atoms with Crippen LogP contribution in [-0.4, -0.2) is 210 Å². The lowest BCUT2D eigenvalue weighted by molar-refractivity contribution is 0.0749. The summed E-state index contributed by atoms with van der Waals surface area (Å²) in [6, 6.07) is 30.9. The first-order valence-corrected chi connectivity index (χ1v) is 61.7. The van der Waals surface area contributed by atoms with Crippen LogP contribution in [0, 0.1) is 17.8 Å². The number of nitrogens with one attached hydrogen (secondary N) is 2. The summed E-state index contributed by atoms with van der Waals surface area (Å²) in [5.41, 5.74) is 3.99. The van der Waals surface area contributed by atoms with Crippen molar-refractivity contribution in [3.05, 3.63) is 153 Å². The molecule has 13 N–H and O–H groups in total. The minimum atomic E-state index is -5.01. The van der Waals surface area contributed by atoms with Gasteiger partial charge in [0.1, 0.15) is 34.2 Å². The first-order chi connectivity index (χ1) is 67.8. The first-order valence-electron chi connectivity index (χ1n) is 45.8. The van der Waals surface area contributed by atoms with Crippen LogP contribution in [0.3, 0.4) is 0 Å². The predicted molar refractivity (Wildman–Crippen MR) is 528 cm³/mol. The molecule has 0 fully saturated rings. The number of phosphoric acid groups is 9. The Bertz CT molecular complexity index is 5840. The van der Waals surface area contributed by atoms with E-state index in [1.165, 1.54) is 74.2 Å². The van der Waals surface area contributed by atoms with Crippen molar-refractivity contribution >= 4 is 126 Å². The molecule has 8 rings (SSSR count). The Balaban J connectivity index is 0.747. The number of hydrogen-bond donors (Lipinski definition) is 13. The van der Waals surface area contributed by atoms with Gasteiger partial charge in [-0.3, -0.25) is 101 Å². The Morgan fingerprint density at radius 2 is 0.636 bits per heavy atom. The molecule has 4 aliphatic rings. The summed E-state index contributed by atoms with van der Waals surface area (Å²) in [6.07, 6.45) is 8.49. The lowest BCUT2D eigenvalue weighted by Gasteiger charge is -2.21. The molecule has 0 saturated heterocycles. The van der Waals surface area contributed by atoms with Gasteiger partial charge < -0.3 is 73.7 Å². The maximum absolute atomic E-state index is 13.6. The second kappa shape index (κ2) is 61.7. The number of phosphoric ester groups is 9. The highest BCUT2D eigenvalue weighted by molar-refractivity contribution is 8.76. The first kappa shape index (κ1) is 123. The third-order valence-electron chi connectivity index (χ3n) is 20.4. The molecule has 2 aliphatic carbocycles. The summed E-state index contributed by atoms with van der Waals surface area (Å²) in [5.74, 6) is -0.307. The third-order valence-corrected chi connectivity index (χ3v) is 32.0. The smallest absolute Gasteiger partial charge is 0.472 e. The molecule has 4 aromatic rings. The molecular weight excluding hydrogens is 2110 g/mol. The number of unbranched alkanes of at least 4 members (excludes halogenated alkanes) is 8. The summed E-state index contributed by atoms with van der Waals surface area (Å²) in [7, 11) is -40.0. The van der Waals surface area contributed by atoms with Crippen LogP contribution in [0.5, 0.6) is 11.5 Å². The molecular formula is C86H125N2O44P9S2. The molecule has 800 valence electrons. The molecule has 2 amide bonds. The average Bonchev–Trinajstić information content (AvgIpc) is 0.757. The van der Waals surface area contributed by atoms with Crippen LogP contribution in [0.4, 0.5) is 0 Å². The largest absolute Gasteiger partial charge is 0.508 e. The summed E-state index contributed by atoms with van der Waals surface area (Å²) in [4.78, 5) is 145. The molecule has 143 heavy (non-hydrogen) atoms. The van der Waals surface area contributed by atoms with Gasteiger partial charge >= 0.3 is 70.4 Å². The van der Waals surface area contributed by atoms with Crippen molar-refractivity contribution in [2.24, 2.45) is 17.8 Å². The summed E-state index contributed by atoms with van der Waals surface area (Å²) in [5, 5.41) is 27.3. The maximum Gasteiger partial charge on any atom is 0.472 e. The quantitative estimate of drug-likeness (QED) is 0.00728. The number of phenols is 2. The molecule has 4 aromatic carbocycles. The number of benzene rings is 6. The van der Waals surface area contributed by atoms with Gasteiger partial charge in [0.25, 0.3) is 11.8 Å². The topological polar surface area (TPSA) is 661 Å². The molecule has 2 heterocycles. The van der Waals surface area contributed by atoms with E-state index in [9.17, 15) is 115 Å². The van der Waals surface area contributed by atoms with Crippen molar-refractivity contribution in [3.8, 4) is 56.4 Å². The molecule has 0 bridgehead atoms. The van der Waals surface area contributed by atoms with E-state index in [4.69, 9.17) is 90.3 Å². The summed E-state index contributed by atoms with van der Waals surface area (Å²) in [6.45, 7) is -4.94. The van der Waals surface area contributed by atoms with Gasteiger partial charge in [-0.2, -0.15) is 0 Å². The van der Waals surface area contributed by atoms with Gasteiger partial charge in [-0.1, -0.05) is 112 Å². The Morgan fingerprint density at radius 3 is 0.972 bits per heavy atom. The SMILES string of the molecule is CCCCCCSSCCCCCCOP(=O)(O)OCCOP(=O)(O)OCC(CCCCNC(=O)c1cccc(-c2c3ccc(=O)cc-3oc3cc(O)ccc23)c1)COP(=O)(O)OCCCOP(=O)(O)OCCOP(=O)(O)OCCCOP(=O)(O)OCC(CCCCNC(=O)c1cccc(-c2c3ccc(=O)cc-3oc3cc(O)ccc23)c1)COP(=O)(O)OCCCOP(=O)(O)OCCOP(=O)(O)OCCC(C)C. The number of carbonyl (C=O) groups is 2. The molecule has 46 nitrogen and oxygen atoms in total. The molecule has 0 saturated carbocycles. The number of aromatic hydroxyl groups is 2. The molecule has 57 heteroatoms. The Morgan fingerprint density at radius 1 is 0.329 bits per heavy atom. The van der Waals surface area contributed by atoms with E-state index in [1.807, 2.05) is 35.4 Å². The second-order valence-electron chi connectivity index (χ2n) is 32.5. The summed E-state index contributed by atoms with van der Waals surface area (Å²) < 4.78 is 216. The van der Waals surface area contributed by atoms with E-state index in [1.54, 1.807) is 72.8 Å². The van der Waals surface area contributed by atoms with Gasteiger partial charge in [-0.05, 0) is 160 Å². The Labute approximate surface area is 833 Å². The normalized spacial score (nSPS) is 16.3. The molecule has 0 radical (unpaired) electrons. The fourth-order valence-electron chi connectivity index (χ4n) is 13.3. The number of amides is 2. The van der Waals surface area contributed by atoms with Crippen LogP contribution >= 0.6 is 92.0 Å². The fraction of sp³-hybridized carbons (Fsp3) is 0.535. The van der Waals surface area contributed by atoms with Crippen LogP contribution in [0.25, 0.3) is 66.8 Å². The zero-order chi connectivity index (χ0) is 104. The van der Waals surface area contributed by atoms with Crippen molar-refractivity contribution in [1.29, 1.82) is 0 Å². The van der Waals surface area contributed by atoms with Crippen LogP contribution < -0.4 is 21.5 Å². The summed E-state index contributed by atoms with van der Waals surface area (Å²) >= 11 is 0. The van der Waals surface area contributed by atoms with Gasteiger partial charge in [-0.15, -0.1) is 0 Å². The monoisotopic (exact) mass is 2230 g/mol. The number of rotatable bonds is 77. The fourth-order valence-corrected chi connectivity index (χ4v) is 22.6. The zero-order valence-electron chi connectivity index (χ0n) is 78.8. The molecule has 0 spiro atoms. The van der Waals surface area contributed by atoms with Crippen LogP contribution in [-0.2, 0) is 123 Å². The Kier molecular flexibility index (Phi) is 53.0. The van der Waals surface area contributed by atoms with Gasteiger partial charge in [0.05, 0.1) is 119 Å². The number of phenolic OH excluding ortho intramolecular Hbond substituents is 2. The maximum atomic E-state index is 13.6. The minimum Gasteiger partial charge on any atom is -0.508 e. The van der Waals surface area contributed by atoms with Crippen molar-refractivity contribution in [2.45, 2.75) is 136 Å². The van der Waals surface area contributed by atoms with Crippen molar-refractivity contribution < 1.29 is 195 Å². The molecule has 0 aromatic heterocycles. The molecule has 11 atom stereocenters. The second-order valence-corrected chi connectivity index (χ2v) is 48.2. The van der Waals surface area contributed by atoms with Crippen molar-refractivity contribution in [1.82, 2.24) is 10.6 Å². The van der Waals surface area contributed by atoms with Gasteiger partial charge in [0.15, 0.2) is 10.9 Å². The van der Waals surface area contributed by atoms with E-state index in [2.05, 4.69) is 17.6 Å². The van der Waals surface area contributed by atoms with Crippen LogP contribution in [0.1, 0.15) is 157 Å². The van der Waals surface area contributed by atoms with E-state index < -0.39 is 200 Å². The van der Waals surface area contributed by atoms with Gasteiger partial charge in [-0.25, -0.2) is 41.1 Å². The average molecular weight is 2230 g/mol. The van der Waals surface area contributed by atoms with Crippen molar-refractivity contribution in [2.75, 3.05) is 144 Å². The Hall–Kier alpha value is -5.51.